The normalized spacial score (nSPS) is 14.9. The van der Waals surface area contributed by atoms with Gasteiger partial charge in [-0.15, -0.1) is 12.4 Å². The molecule has 1 unspecified atom stereocenters. The summed E-state index contributed by atoms with van der Waals surface area (Å²) in [5, 5.41) is 10.1. The minimum Gasteiger partial charge on any atom is -0.350 e. The van der Waals surface area contributed by atoms with Crippen LogP contribution in [-0.2, 0) is 18.4 Å². The highest BCUT2D eigenvalue weighted by Gasteiger charge is 2.20. The molecule has 1 atom stereocenters. The summed E-state index contributed by atoms with van der Waals surface area (Å²) in [6.45, 7) is 2.10. The topological polar surface area (TPSA) is 79.3 Å². The zero-order chi connectivity index (χ0) is 19.2. The van der Waals surface area contributed by atoms with Crippen LogP contribution in [0.2, 0.25) is 0 Å². The molecule has 1 aliphatic rings. The minimum absolute atomic E-state index is 0. The lowest BCUT2D eigenvalue weighted by Gasteiger charge is -2.26. The summed E-state index contributed by atoms with van der Waals surface area (Å²) in [7, 11) is 3.57. The molecule has 8 heteroatoms. The lowest BCUT2D eigenvalue weighted by Crippen LogP contribution is -2.36. The van der Waals surface area contributed by atoms with Crippen LogP contribution in [0.5, 0.6) is 0 Å². The van der Waals surface area contributed by atoms with Gasteiger partial charge in [0.25, 0.3) is 5.91 Å². The van der Waals surface area contributed by atoms with E-state index in [4.69, 9.17) is 0 Å². The number of nitrogens with one attached hydrogen (secondary N) is 2. The number of nitrogens with zero attached hydrogens (tertiary/aromatic N) is 3. The van der Waals surface area contributed by atoms with Gasteiger partial charge in [-0.1, -0.05) is 12.1 Å². The highest BCUT2D eigenvalue weighted by atomic mass is 35.5. The summed E-state index contributed by atoms with van der Waals surface area (Å²) >= 11 is 0. The Morgan fingerprint density at radius 2 is 1.82 bits per heavy atom. The number of carbonyl (C=O) groups excluding carboxylic acids is 2. The highest BCUT2D eigenvalue weighted by molar-refractivity contribution is 5.94. The van der Waals surface area contributed by atoms with E-state index >= 15 is 0 Å². The summed E-state index contributed by atoms with van der Waals surface area (Å²) in [6.07, 6.45) is 6.87. The third-order valence-corrected chi connectivity index (χ3v) is 4.92. The van der Waals surface area contributed by atoms with E-state index in [1.165, 1.54) is 6.42 Å². The van der Waals surface area contributed by atoms with E-state index in [-0.39, 0.29) is 24.2 Å². The van der Waals surface area contributed by atoms with Gasteiger partial charge in [0.05, 0.1) is 6.20 Å². The molecule has 1 aliphatic heterocycles. The van der Waals surface area contributed by atoms with Crippen LogP contribution in [0.4, 0.5) is 0 Å². The average Bonchev–Trinajstić information content (AvgIpc) is 3.13. The molecule has 0 bridgehead atoms. The zero-order valence-electron chi connectivity index (χ0n) is 16.4. The van der Waals surface area contributed by atoms with E-state index in [9.17, 15) is 9.59 Å². The van der Waals surface area contributed by atoms with Gasteiger partial charge < -0.3 is 15.5 Å². The Kier molecular flexibility index (Phi) is 8.02. The van der Waals surface area contributed by atoms with Crippen LogP contribution in [0.3, 0.4) is 0 Å². The van der Waals surface area contributed by atoms with Crippen molar-refractivity contribution >= 4 is 24.2 Å². The summed E-state index contributed by atoms with van der Waals surface area (Å²) < 4.78 is 1.67. The van der Waals surface area contributed by atoms with Crippen LogP contribution in [0.25, 0.3) is 0 Å². The molecule has 7 nitrogen and oxygen atoms in total. The first kappa shape index (κ1) is 21.9. The second-order valence-corrected chi connectivity index (χ2v) is 6.94. The Balaban J connectivity index is 0.00000280. The van der Waals surface area contributed by atoms with Gasteiger partial charge in [0.1, 0.15) is 6.04 Å². The molecule has 0 spiro atoms. The maximum atomic E-state index is 12.5. The number of piperidine rings is 1. The van der Waals surface area contributed by atoms with Crippen LogP contribution in [0.15, 0.2) is 36.7 Å². The molecule has 28 heavy (non-hydrogen) atoms. The van der Waals surface area contributed by atoms with Crippen LogP contribution in [0.1, 0.15) is 46.8 Å². The number of rotatable bonds is 6. The number of benzene rings is 1. The van der Waals surface area contributed by atoms with Crippen LogP contribution >= 0.6 is 12.4 Å². The van der Waals surface area contributed by atoms with Crippen molar-refractivity contribution in [3.05, 3.63) is 53.3 Å². The van der Waals surface area contributed by atoms with Crippen molar-refractivity contribution in [1.29, 1.82) is 0 Å². The smallest absolute Gasteiger partial charge is 0.253 e. The predicted molar refractivity (Wildman–Crippen MR) is 110 cm³/mol. The third kappa shape index (κ3) is 5.33. The second-order valence-electron chi connectivity index (χ2n) is 6.94. The number of amides is 2. The standard InChI is InChI=1S/C20H27N5O2.ClH/c1-21-18(17-13-23-24(2)14-17)19(26)22-12-15-6-8-16(9-7-15)20(27)25-10-4-3-5-11-25;/h6-9,13-14,18,21H,3-5,10-12H2,1-2H3,(H,22,26);1H. The molecule has 2 N–H and O–H groups in total. The molecule has 1 aromatic carbocycles. The Bertz CT molecular complexity index is 784. The van der Waals surface area contributed by atoms with Gasteiger partial charge in [0.2, 0.25) is 5.91 Å². The quantitative estimate of drug-likeness (QED) is 0.770. The van der Waals surface area contributed by atoms with Crippen molar-refractivity contribution < 1.29 is 9.59 Å². The molecule has 2 aromatic rings. The number of aryl methyl sites for hydroxylation is 1. The Morgan fingerprint density at radius 3 is 2.39 bits per heavy atom. The highest BCUT2D eigenvalue weighted by Crippen LogP contribution is 2.15. The fourth-order valence-electron chi connectivity index (χ4n) is 3.37. The maximum Gasteiger partial charge on any atom is 0.253 e. The van der Waals surface area contributed by atoms with E-state index in [1.807, 2.05) is 42.4 Å². The molecule has 1 fully saturated rings. The van der Waals surface area contributed by atoms with Crippen LogP contribution < -0.4 is 10.6 Å². The van der Waals surface area contributed by atoms with Gasteiger partial charge in [-0.25, -0.2) is 0 Å². The minimum atomic E-state index is -0.446. The molecule has 1 aromatic heterocycles. The number of hydrogen-bond donors (Lipinski definition) is 2. The van der Waals surface area contributed by atoms with Crippen molar-refractivity contribution in [3.8, 4) is 0 Å². The first-order valence-corrected chi connectivity index (χ1v) is 9.40. The number of likely N-dealkylation sites (N-methyl/N-ethyl adjacent to an activating group) is 1. The van der Waals surface area contributed by atoms with E-state index in [0.717, 1.165) is 37.1 Å². The van der Waals surface area contributed by atoms with Crippen molar-refractivity contribution in [3.63, 3.8) is 0 Å². The van der Waals surface area contributed by atoms with Crippen LogP contribution in [-0.4, -0.2) is 46.6 Å². The molecular weight excluding hydrogens is 378 g/mol. The second kappa shape index (κ2) is 10.2. The number of halogens is 1. The molecular formula is C20H28ClN5O2. The predicted octanol–water partition coefficient (Wildman–Crippen LogP) is 2.04. The van der Waals surface area contributed by atoms with Gasteiger partial charge in [-0.2, -0.15) is 5.10 Å². The van der Waals surface area contributed by atoms with Crippen molar-refractivity contribution in [2.75, 3.05) is 20.1 Å². The number of hydrogen-bond acceptors (Lipinski definition) is 4. The first-order chi connectivity index (χ1) is 13.1. The number of likely N-dealkylation sites (tertiary alicyclic amines) is 1. The molecule has 2 amide bonds. The SMILES string of the molecule is CNC(C(=O)NCc1ccc(C(=O)N2CCCCC2)cc1)c1cnn(C)c1.Cl. The fraction of sp³-hybridized carbons (Fsp3) is 0.450. The largest absolute Gasteiger partial charge is 0.350 e. The molecule has 1 saturated heterocycles. The monoisotopic (exact) mass is 405 g/mol. The Hall–Kier alpha value is -2.38. The molecule has 0 aliphatic carbocycles. The summed E-state index contributed by atoms with van der Waals surface area (Å²) in [5.41, 5.74) is 2.48. The summed E-state index contributed by atoms with van der Waals surface area (Å²) in [5.74, 6) is -0.0175. The van der Waals surface area contributed by atoms with Gasteiger partial charge >= 0.3 is 0 Å². The number of aromatic nitrogens is 2. The summed E-state index contributed by atoms with van der Waals surface area (Å²) in [4.78, 5) is 26.9. The lowest BCUT2D eigenvalue weighted by molar-refractivity contribution is -0.123. The first-order valence-electron chi connectivity index (χ1n) is 9.40. The van der Waals surface area contributed by atoms with Crippen molar-refractivity contribution in [1.82, 2.24) is 25.3 Å². The maximum absolute atomic E-state index is 12.5. The van der Waals surface area contributed by atoms with Gasteiger partial charge in [-0.3, -0.25) is 14.3 Å². The fourth-order valence-corrected chi connectivity index (χ4v) is 3.37. The van der Waals surface area contributed by atoms with Gasteiger partial charge in [-0.05, 0) is 44.0 Å². The van der Waals surface area contributed by atoms with Gasteiger partial charge in [0, 0.05) is 44.0 Å². The molecule has 152 valence electrons. The van der Waals surface area contributed by atoms with E-state index in [1.54, 1.807) is 17.9 Å². The van der Waals surface area contributed by atoms with Gasteiger partial charge in [0.15, 0.2) is 0 Å². The molecule has 0 radical (unpaired) electrons. The average molecular weight is 406 g/mol. The van der Waals surface area contributed by atoms with E-state index in [2.05, 4.69) is 15.7 Å². The van der Waals surface area contributed by atoms with Crippen molar-refractivity contribution in [2.45, 2.75) is 31.8 Å². The zero-order valence-corrected chi connectivity index (χ0v) is 17.2. The van der Waals surface area contributed by atoms with Crippen LogP contribution in [0, 0.1) is 0 Å². The van der Waals surface area contributed by atoms with E-state index < -0.39 is 6.04 Å². The molecule has 3 rings (SSSR count). The third-order valence-electron chi connectivity index (χ3n) is 4.92. The summed E-state index contributed by atoms with van der Waals surface area (Å²) in [6, 6.07) is 7.04. The molecule has 0 saturated carbocycles. The Labute approximate surface area is 171 Å². The Morgan fingerprint density at radius 1 is 1.14 bits per heavy atom. The molecule has 2 heterocycles. The van der Waals surface area contributed by atoms with E-state index in [0.29, 0.717) is 12.1 Å². The van der Waals surface area contributed by atoms with Crippen molar-refractivity contribution in [2.24, 2.45) is 7.05 Å². The number of carbonyl (C=O) groups is 2. The lowest BCUT2D eigenvalue weighted by atomic mass is 10.1.